The first kappa shape index (κ1) is 14.8. The SMILES string of the molecule is COc1ccc(Br)c(CNC2CCCCCC2O)c1. The molecule has 1 aliphatic carbocycles. The lowest BCUT2D eigenvalue weighted by atomic mass is 10.1. The van der Waals surface area contributed by atoms with Gasteiger partial charge in [0, 0.05) is 17.1 Å². The van der Waals surface area contributed by atoms with Gasteiger partial charge in [-0.1, -0.05) is 35.2 Å². The van der Waals surface area contributed by atoms with Gasteiger partial charge in [-0.3, -0.25) is 0 Å². The van der Waals surface area contributed by atoms with Crippen molar-refractivity contribution in [1.82, 2.24) is 5.32 Å². The van der Waals surface area contributed by atoms with Crippen molar-refractivity contribution in [2.24, 2.45) is 0 Å². The second-order valence-electron chi connectivity index (χ2n) is 5.15. The Morgan fingerprint density at radius 3 is 2.89 bits per heavy atom. The van der Waals surface area contributed by atoms with Crippen LogP contribution in [0.3, 0.4) is 0 Å². The molecule has 2 atom stereocenters. The van der Waals surface area contributed by atoms with Crippen molar-refractivity contribution in [3.63, 3.8) is 0 Å². The zero-order chi connectivity index (χ0) is 13.7. The molecule has 0 heterocycles. The van der Waals surface area contributed by atoms with Crippen molar-refractivity contribution in [3.05, 3.63) is 28.2 Å². The van der Waals surface area contributed by atoms with Crippen LogP contribution in [0.15, 0.2) is 22.7 Å². The number of aliphatic hydroxyl groups excluding tert-OH is 1. The summed E-state index contributed by atoms with van der Waals surface area (Å²) in [6, 6.07) is 6.17. The van der Waals surface area contributed by atoms with Crippen LogP contribution in [0.5, 0.6) is 5.75 Å². The smallest absolute Gasteiger partial charge is 0.119 e. The highest BCUT2D eigenvalue weighted by Gasteiger charge is 2.21. The molecule has 106 valence electrons. The molecule has 4 heteroatoms. The largest absolute Gasteiger partial charge is 0.497 e. The van der Waals surface area contributed by atoms with E-state index in [1.807, 2.05) is 18.2 Å². The monoisotopic (exact) mass is 327 g/mol. The molecule has 3 nitrogen and oxygen atoms in total. The number of methoxy groups -OCH3 is 1. The molecule has 0 aliphatic heterocycles. The van der Waals surface area contributed by atoms with Gasteiger partial charge in [-0.15, -0.1) is 0 Å². The summed E-state index contributed by atoms with van der Waals surface area (Å²) in [4.78, 5) is 0. The van der Waals surface area contributed by atoms with E-state index in [1.54, 1.807) is 7.11 Å². The molecule has 19 heavy (non-hydrogen) atoms. The summed E-state index contributed by atoms with van der Waals surface area (Å²) in [6.07, 6.45) is 5.33. The molecule has 1 aromatic rings. The molecule has 1 aromatic carbocycles. The van der Waals surface area contributed by atoms with Gasteiger partial charge in [0.2, 0.25) is 0 Å². The summed E-state index contributed by atoms with van der Waals surface area (Å²) in [5, 5.41) is 13.6. The number of hydrogen-bond donors (Lipinski definition) is 2. The van der Waals surface area contributed by atoms with E-state index in [0.717, 1.165) is 41.6 Å². The van der Waals surface area contributed by atoms with Gasteiger partial charge >= 0.3 is 0 Å². The lowest BCUT2D eigenvalue weighted by Crippen LogP contribution is -2.38. The third-order valence-corrected chi connectivity index (χ3v) is 4.56. The first-order valence-corrected chi connectivity index (χ1v) is 7.74. The predicted molar refractivity (Wildman–Crippen MR) is 80.4 cm³/mol. The fourth-order valence-corrected chi connectivity index (χ4v) is 2.97. The highest BCUT2D eigenvalue weighted by atomic mass is 79.9. The van der Waals surface area contributed by atoms with E-state index >= 15 is 0 Å². The number of aliphatic hydroxyl groups is 1. The normalized spacial score (nSPS) is 23.9. The van der Waals surface area contributed by atoms with E-state index in [0.29, 0.717) is 0 Å². The molecule has 1 saturated carbocycles. The molecule has 0 radical (unpaired) electrons. The van der Waals surface area contributed by atoms with E-state index in [4.69, 9.17) is 4.74 Å². The quantitative estimate of drug-likeness (QED) is 0.834. The molecule has 0 saturated heterocycles. The third kappa shape index (κ3) is 4.20. The minimum Gasteiger partial charge on any atom is -0.497 e. The topological polar surface area (TPSA) is 41.5 Å². The molecule has 0 amide bonds. The van der Waals surface area contributed by atoms with Crippen LogP contribution in [-0.2, 0) is 6.54 Å². The average Bonchev–Trinajstić information content (AvgIpc) is 2.63. The number of halogens is 1. The van der Waals surface area contributed by atoms with Crippen molar-refractivity contribution in [2.45, 2.75) is 50.8 Å². The van der Waals surface area contributed by atoms with Crippen LogP contribution in [0.25, 0.3) is 0 Å². The molecule has 0 bridgehead atoms. The fraction of sp³-hybridized carbons (Fsp3) is 0.600. The number of benzene rings is 1. The Hall–Kier alpha value is -0.580. The number of rotatable bonds is 4. The van der Waals surface area contributed by atoms with Crippen LogP contribution in [0.2, 0.25) is 0 Å². The second-order valence-corrected chi connectivity index (χ2v) is 6.00. The molecule has 0 spiro atoms. The fourth-order valence-electron chi connectivity index (χ4n) is 2.58. The molecule has 2 rings (SSSR count). The van der Waals surface area contributed by atoms with Crippen molar-refractivity contribution in [1.29, 1.82) is 0 Å². The first-order chi connectivity index (χ1) is 9.20. The highest BCUT2D eigenvalue weighted by Crippen LogP contribution is 2.23. The van der Waals surface area contributed by atoms with E-state index in [1.165, 1.54) is 12.8 Å². The first-order valence-electron chi connectivity index (χ1n) is 6.94. The Kier molecular flexibility index (Phi) is 5.67. The van der Waals surface area contributed by atoms with Gasteiger partial charge in [-0.2, -0.15) is 0 Å². The van der Waals surface area contributed by atoms with E-state index < -0.39 is 0 Å². The van der Waals surface area contributed by atoms with Crippen LogP contribution < -0.4 is 10.1 Å². The van der Waals surface area contributed by atoms with Crippen LogP contribution in [-0.4, -0.2) is 24.4 Å². The van der Waals surface area contributed by atoms with E-state index in [-0.39, 0.29) is 12.1 Å². The maximum absolute atomic E-state index is 10.1. The van der Waals surface area contributed by atoms with Crippen LogP contribution in [0.4, 0.5) is 0 Å². The Bertz CT molecular complexity index is 411. The summed E-state index contributed by atoms with van der Waals surface area (Å²) in [6.45, 7) is 0.750. The van der Waals surface area contributed by atoms with E-state index in [2.05, 4.69) is 21.2 Å². The van der Waals surface area contributed by atoms with Gasteiger partial charge in [0.05, 0.1) is 13.2 Å². The minimum absolute atomic E-state index is 0.209. The van der Waals surface area contributed by atoms with Gasteiger partial charge in [0.25, 0.3) is 0 Å². The summed E-state index contributed by atoms with van der Waals surface area (Å²) < 4.78 is 6.32. The maximum atomic E-state index is 10.1. The lowest BCUT2D eigenvalue weighted by molar-refractivity contribution is 0.119. The second kappa shape index (κ2) is 7.27. The number of ether oxygens (including phenoxy) is 1. The molecule has 0 aromatic heterocycles. The summed E-state index contributed by atoms with van der Waals surface area (Å²) >= 11 is 3.56. The Labute approximate surface area is 123 Å². The highest BCUT2D eigenvalue weighted by molar-refractivity contribution is 9.10. The molecule has 2 N–H and O–H groups in total. The molecule has 1 fully saturated rings. The summed E-state index contributed by atoms with van der Waals surface area (Å²) in [5.74, 6) is 0.862. The zero-order valence-corrected chi connectivity index (χ0v) is 12.9. The Morgan fingerprint density at radius 1 is 1.32 bits per heavy atom. The van der Waals surface area contributed by atoms with Crippen molar-refractivity contribution in [3.8, 4) is 5.75 Å². The van der Waals surface area contributed by atoms with Crippen molar-refractivity contribution in [2.75, 3.05) is 7.11 Å². The Balaban J connectivity index is 1.97. The van der Waals surface area contributed by atoms with Crippen molar-refractivity contribution >= 4 is 15.9 Å². The predicted octanol–water partition coefficient (Wildman–Crippen LogP) is 3.24. The molecule has 2 unspecified atom stereocenters. The maximum Gasteiger partial charge on any atom is 0.119 e. The van der Waals surface area contributed by atoms with Gasteiger partial charge in [0.15, 0.2) is 0 Å². The van der Waals surface area contributed by atoms with Crippen molar-refractivity contribution < 1.29 is 9.84 Å². The molecular formula is C15H22BrNO2. The van der Waals surface area contributed by atoms with Crippen LogP contribution >= 0.6 is 15.9 Å². The zero-order valence-electron chi connectivity index (χ0n) is 11.4. The van der Waals surface area contributed by atoms with Crippen LogP contribution in [0, 0.1) is 0 Å². The Morgan fingerprint density at radius 2 is 2.11 bits per heavy atom. The van der Waals surface area contributed by atoms with Gasteiger partial charge < -0.3 is 15.2 Å². The van der Waals surface area contributed by atoms with Gasteiger partial charge in [-0.25, -0.2) is 0 Å². The third-order valence-electron chi connectivity index (χ3n) is 3.79. The lowest BCUT2D eigenvalue weighted by Gasteiger charge is -2.22. The summed E-state index contributed by atoms with van der Waals surface area (Å²) in [7, 11) is 1.68. The molecule has 1 aliphatic rings. The number of nitrogens with one attached hydrogen (secondary N) is 1. The van der Waals surface area contributed by atoms with Gasteiger partial charge in [0.1, 0.15) is 5.75 Å². The minimum atomic E-state index is -0.216. The van der Waals surface area contributed by atoms with Gasteiger partial charge in [-0.05, 0) is 36.6 Å². The average molecular weight is 328 g/mol. The van der Waals surface area contributed by atoms with E-state index in [9.17, 15) is 5.11 Å². The summed E-state index contributed by atoms with van der Waals surface area (Å²) in [5.41, 5.74) is 1.16. The standard InChI is InChI=1S/C15H22BrNO2/c1-19-12-7-8-13(16)11(9-12)10-17-14-5-3-2-4-6-15(14)18/h7-9,14-15,17-18H,2-6,10H2,1H3. The van der Waals surface area contributed by atoms with Crippen LogP contribution in [0.1, 0.15) is 37.7 Å². The molecular weight excluding hydrogens is 306 g/mol. The number of hydrogen-bond acceptors (Lipinski definition) is 3.